The van der Waals surface area contributed by atoms with Crippen LogP contribution in [0.5, 0.6) is 5.75 Å². The summed E-state index contributed by atoms with van der Waals surface area (Å²) >= 11 is 8.15. The van der Waals surface area contributed by atoms with Crippen molar-refractivity contribution in [2.45, 2.75) is 215 Å². The van der Waals surface area contributed by atoms with E-state index in [1.54, 1.807) is 121 Å². The monoisotopic (exact) mass is 2030 g/mol. The number of H-pyrrole nitrogens is 1. The van der Waals surface area contributed by atoms with Crippen LogP contribution in [0.3, 0.4) is 0 Å². The molecule has 0 fully saturated rings. The molecule has 0 aliphatic heterocycles. The number of carbonyl (C=O) groups is 20. The summed E-state index contributed by atoms with van der Waals surface area (Å²) in [4.78, 5) is 279. The van der Waals surface area contributed by atoms with Gasteiger partial charge in [0.1, 0.15) is 96.4 Å². The second-order valence-corrected chi connectivity index (χ2v) is 34.5. The van der Waals surface area contributed by atoms with Gasteiger partial charge in [0, 0.05) is 67.6 Å². The number of rotatable bonds is 61. The van der Waals surface area contributed by atoms with Gasteiger partial charge < -0.3 is 143 Å². The second kappa shape index (κ2) is 60.5. The number of nitrogens with one attached hydrogen (secondary N) is 19. The number of phenolic OH excluding ortho intramolecular Hbond substituents is 1. The molecule has 0 aliphatic carbocycles. The molecule has 0 bridgehead atoms. The summed E-state index contributed by atoms with van der Waals surface area (Å²) in [6.07, 6.45) is -3.89. The zero-order chi connectivity index (χ0) is 106. The van der Waals surface area contributed by atoms with E-state index in [0.29, 0.717) is 38.7 Å². The summed E-state index contributed by atoms with van der Waals surface area (Å²) in [5.74, 6) is -21.5. The molecule has 47 nitrogen and oxygen atoms in total. The first-order chi connectivity index (χ1) is 68.0. The molecule has 0 saturated heterocycles. The van der Waals surface area contributed by atoms with Crippen LogP contribution in [0, 0.1) is 0 Å². The molecule has 1 aromatic heterocycles. The molecule has 6 rings (SSSR count). The predicted octanol–water partition coefficient (Wildman–Crippen LogP) is -7.10. The van der Waals surface area contributed by atoms with Gasteiger partial charge in [-0.15, -0.1) is 0 Å². The molecule has 0 saturated carbocycles. The van der Waals surface area contributed by atoms with Crippen LogP contribution < -0.4 is 113 Å². The number of aliphatic hydroxyl groups is 3. The number of aromatic amines is 1. The third kappa shape index (κ3) is 40.5. The summed E-state index contributed by atoms with van der Waals surface area (Å²) in [6, 6.07) is 12.4. The van der Waals surface area contributed by atoms with Crippen molar-refractivity contribution in [3.8, 4) is 5.75 Å². The first kappa shape index (κ1) is 117. The molecule has 0 radical (unpaired) electrons. The van der Waals surface area contributed by atoms with Gasteiger partial charge >= 0.3 is 5.97 Å². The number of primary amides is 1. The van der Waals surface area contributed by atoms with E-state index in [-0.39, 0.29) is 95.2 Å². The minimum atomic E-state index is -1.94. The molecule has 17 atom stereocenters. The third-order valence-corrected chi connectivity index (χ3v) is 22.9. The standard InChI is InChI=1S/C94H128N22O25S2/c1-50(102-54(5)120)80(126)100-44-75(123)99-45-76(124)104-65(40-58-31-33-60(121)34-32-58)84(130)103-51(2)81(127)101-46-77(125)105-72(48-142)91(137)107-63(29-17-19-35-95)82(128)111-70(42-74(97)122)88(134)109-66(37-55-21-9-6-10-22-55)85(131)108-67(38-56-23-11-7-12-24-56)86(132)110-69(41-59-43-98-62-28-16-15-27-61(59)62)87(133)106-64(30-18-20-36-96)83(129)115-78(52(3)118)92(138)112-68(39-57-25-13-8-14-26-57)89(135)116-79(53(4)119)93(139)113-71(47-117)90(136)114-73(49-143)94(140)141/h6-16,21-28,31-34,43,50-53,63-73,78-79,98,117-119,121,142-143H,17-20,29-30,35-42,44-49,95-96H2,1-5H3,(H2,97,122)(H,99,123)(H,100,126)(H,101,127)(H,102,120)(H,103,130)(H,104,124)(H,105,125)(H,106,133)(H,107,137)(H,108,131)(H,109,134)(H,110,132)(H,111,128)(H,112,138)(H,113,139)(H,114,136)(H,115,129)(H,116,135)(H,140,141)/t50-,51+,52?,53?,63+,64+,65+,66+,67+,68+,69+,70+,71+,72+,73+,78+,79+/m1/s1. The van der Waals surface area contributed by atoms with Gasteiger partial charge in [-0.25, -0.2) is 4.79 Å². The average molecular weight is 2030 g/mol. The maximum atomic E-state index is 15.5. The fraction of sp³-hybridized carbons (Fsp3) is 0.447. The molecule has 776 valence electrons. The number of hydrogen-bond donors (Lipinski definition) is 29. The van der Waals surface area contributed by atoms with Gasteiger partial charge in [-0.05, 0) is 125 Å². The van der Waals surface area contributed by atoms with Crippen molar-refractivity contribution in [3.05, 3.63) is 174 Å². The summed E-state index contributed by atoms with van der Waals surface area (Å²) in [5, 5.41) is 96.1. The highest BCUT2D eigenvalue weighted by Gasteiger charge is 2.40. The van der Waals surface area contributed by atoms with E-state index in [9.17, 15) is 107 Å². The second-order valence-electron chi connectivity index (χ2n) is 33.7. The fourth-order valence-electron chi connectivity index (χ4n) is 14.4. The van der Waals surface area contributed by atoms with Crippen molar-refractivity contribution in [2.75, 3.05) is 50.8 Å². The van der Waals surface area contributed by atoms with Crippen molar-refractivity contribution in [1.82, 2.24) is 101 Å². The van der Waals surface area contributed by atoms with Gasteiger partial charge in [-0.3, -0.25) is 91.1 Å². The maximum absolute atomic E-state index is 15.5. The molecular weight excluding hydrogens is 1900 g/mol. The lowest BCUT2D eigenvalue weighted by Gasteiger charge is -2.29. The van der Waals surface area contributed by atoms with Gasteiger partial charge in [0.25, 0.3) is 0 Å². The Hall–Kier alpha value is -14.7. The number of phenols is 1. The number of hydrogen-bond acceptors (Lipinski definition) is 28. The number of carbonyl (C=O) groups excluding carboxylic acids is 19. The number of amides is 19. The molecule has 19 amide bonds. The number of para-hydroxylation sites is 1. The minimum absolute atomic E-state index is 0.0979. The Morgan fingerprint density at radius 3 is 1.12 bits per heavy atom. The number of carboxylic acid groups (broad SMARTS) is 1. The number of nitrogens with two attached hydrogens (primary N) is 3. The Kier molecular flexibility index (Phi) is 49.5. The highest BCUT2D eigenvalue weighted by atomic mass is 32.1. The first-order valence-corrected chi connectivity index (χ1v) is 47.2. The van der Waals surface area contributed by atoms with Crippen molar-refractivity contribution >= 4 is 154 Å². The van der Waals surface area contributed by atoms with Crippen LogP contribution in [0.15, 0.2) is 146 Å². The highest BCUT2D eigenvalue weighted by Crippen LogP contribution is 2.22. The lowest BCUT2D eigenvalue weighted by molar-refractivity contribution is -0.142. The summed E-state index contributed by atoms with van der Waals surface area (Å²) in [6.45, 7) is 3.08. The van der Waals surface area contributed by atoms with E-state index in [4.69, 9.17) is 17.2 Å². The summed E-state index contributed by atoms with van der Waals surface area (Å²) in [5.41, 5.74) is 20.3. The first-order valence-electron chi connectivity index (χ1n) is 45.9. The van der Waals surface area contributed by atoms with E-state index in [0.717, 1.165) is 13.8 Å². The smallest absolute Gasteiger partial charge is 0.327 e. The lowest BCUT2D eigenvalue weighted by Crippen LogP contribution is -2.63. The Morgan fingerprint density at radius 2 is 0.685 bits per heavy atom. The van der Waals surface area contributed by atoms with Crippen LogP contribution in [0.25, 0.3) is 10.9 Å². The number of aromatic nitrogens is 1. The molecule has 5 aromatic carbocycles. The molecule has 1 heterocycles. The zero-order valence-electron chi connectivity index (χ0n) is 79.3. The number of aliphatic hydroxyl groups excluding tert-OH is 3. The van der Waals surface area contributed by atoms with Crippen molar-refractivity contribution < 1.29 is 121 Å². The molecule has 0 spiro atoms. The Bertz CT molecular complexity index is 5340. The normalized spacial score (nSPS) is 14.6. The van der Waals surface area contributed by atoms with Gasteiger partial charge in [-0.1, -0.05) is 121 Å². The number of fused-ring (bicyclic) bond motifs is 1. The summed E-state index contributed by atoms with van der Waals surface area (Å²) in [7, 11) is 0. The van der Waals surface area contributed by atoms with E-state index in [1.807, 2.05) is 0 Å². The minimum Gasteiger partial charge on any atom is -0.508 e. The Labute approximate surface area is 834 Å². The lowest BCUT2D eigenvalue weighted by atomic mass is 10.00. The molecule has 30 N–H and O–H groups in total. The van der Waals surface area contributed by atoms with Crippen LogP contribution in [0.1, 0.15) is 107 Å². The number of aromatic hydroxyl groups is 1. The molecular formula is C94H128N22O25S2. The predicted molar refractivity (Wildman–Crippen MR) is 525 cm³/mol. The van der Waals surface area contributed by atoms with E-state index < -0.39 is 259 Å². The largest absolute Gasteiger partial charge is 0.508 e. The van der Waals surface area contributed by atoms with E-state index >= 15 is 14.4 Å². The van der Waals surface area contributed by atoms with E-state index in [2.05, 4.69) is 126 Å². The number of thiol groups is 2. The molecule has 2 unspecified atom stereocenters. The fourth-order valence-corrected chi connectivity index (χ4v) is 14.9. The van der Waals surface area contributed by atoms with Crippen molar-refractivity contribution in [1.29, 1.82) is 0 Å². The Morgan fingerprint density at radius 1 is 0.350 bits per heavy atom. The molecule has 143 heavy (non-hydrogen) atoms. The molecule has 0 aliphatic rings. The van der Waals surface area contributed by atoms with Gasteiger partial charge in [0.05, 0.1) is 44.9 Å². The highest BCUT2D eigenvalue weighted by molar-refractivity contribution is 7.80. The SMILES string of the molecule is CC(=O)N[C@H](C)C(=O)NCC(=O)NCC(=O)N[C@@H](Cc1ccc(O)cc1)C(=O)N[C@@H](C)C(=O)NCC(=O)N[C@@H](CS)C(=O)N[C@@H](CCCCN)C(=O)N[C@@H](CC(N)=O)C(=O)N[C@@H](Cc1ccccc1)C(=O)N[C@@H](Cc1ccccc1)C(=O)N[C@@H](Cc1c[nH]c2ccccc12)C(=O)N[C@@H](CCCCN)C(=O)N[C@H](C(=O)N[C@@H](Cc1ccccc1)C(=O)N[C@H](C(=O)N[C@@H](CO)C(=O)N[C@@H](CS)C(=O)O)C(C)O)C(C)O. The van der Waals surface area contributed by atoms with Gasteiger partial charge in [-0.2, -0.15) is 25.3 Å². The van der Waals surface area contributed by atoms with Gasteiger partial charge in [0.15, 0.2) is 0 Å². The van der Waals surface area contributed by atoms with Crippen LogP contribution >= 0.6 is 25.3 Å². The van der Waals surface area contributed by atoms with Crippen LogP contribution in [-0.2, 0) is 128 Å². The topological polar surface area (TPSA) is 753 Å². The van der Waals surface area contributed by atoms with Crippen molar-refractivity contribution in [3.63, 3.8) is 0 Å². The average Bonchev–Trinajstić information content (AvgIpc) is 1.72. The zero-order valence-corrected chi connectivity index (χ0v) is 81.1. The quantitative estimate of drug-likeness (QED) is 0.0125. The summed E-state index contributed by atoms with van der Waals surface area (Å²) < 4.78 is 0. The van der Waals surface area contributed by atoms with E-state index in [1.165, 1.54) is 45.0 Å². The third-order valence-electron chi connectivity index (χ3n) is 22.1. The number of carboxylic acids is 1. The van der Waals surface area contributed by atoms with Crippen LogP contribution in [0.4, 0.5) is 0 Å². The Balaban J connectivity index is 1.21. The van der Waals surface area contributed by atoms with Crippen LogP contribution in [0.2, 0.25) is 0 Å². The van der Waals surface area contributed by atoms with Crippen LogP contribution in [-0.4, -0.2) is 302 Å². The number of unbranched alkanes of at least 4 members (excludes halogenated alkanes) is 2. The molecule has 49 heteroatoms. The number of benzene rings is 5. The number of aliphatic carboxylic acids is 1. The maximum Gasteiger partial charge on any atom is 0.327 e. The molecule has 6 aromatic rings. The van der Waals surface area contributed by atoms with Crippen molar-refractivity contribution in [2.24, 2.45) is 17.2 Å². The van der Waals surface area contributed by atoms with Gasteiger partial charge in [0.2, 0.25) is 112 Å².